The minimum atomic E-state index is 0.284. The van der Waals surface area contributed by atoms with Gasteiger partial charge in [0.15, 0.2) is 0 Å². The second-order valence-corrected chi connectivity index (χ2v) is 6.77. The zero-order valence-corrected chi connectivity index (χ0v) is 13.0. The second kappa shape index (κ2) is 5.40. The summed E-state index contributed by atoms with van der Waals surface area (Å²) in [7, 11) is 2.16. The van der Waals surface area contributed by atoms with Crippen LogP contribution in [0.25, 0.3) is 0 Å². The van der Waals surface area contributed by atoms with E-state index < -0.39 is 0 Å². The number of benzene rings is 1. The lowest BCUT2D eigenvalue weighted by Crippen LogP contribution is -2.38. The monoisotopic (exact) mass is 298 g/mol. The van der Waals surface area contributed by atoms with Crippen LogP contribution in [0.15, 0.2) is 22.7 Å². The van der Waals surface area contributed by atoms with E-state index in [2.05, 4.69) is 61.6 Å². The molecule has 0 aliphatic rings. The van der Waals surface area contributed by atoms with Crippen molar-refractivity contribution in [3.8, 4) is 0 Å². The van der Waals surface area contributed by atoms with Crippen LogP contribution in [0.2, 0.25) is 0 Å². The van der Waals surface area contributed by atoms with E-state index in [0.29, 0.717) is 6.04 Å². The third kappa shape index (κ3) is 4.32. The molecule has 0 aliphatic heterocycles. The number of nitrogens with two attached hydrogens (primary N) is 1. The molecule has 1 rings (SSSR count). The van der Waals surface area contributed by atoms with Crippen molar-refractivity contribution in [3.05, 3.63) is 28.2 Å². The smallest absolute Gasteiger partial charge is 0.0328 e. The molecule has 1 atom stereocenters. The van der Waals surface area contributed by atoms with Crippen molar-refractivity contribution in [2.75, 3.05) is 12.8 Å². The molecule has 0 heterocycles. The molecule has 1 unspecified atom stereocenters. The van der Waals surface area contributed by atoms with Crippen molar-refractivity contribution < 1.29 is 0 Å². The highest BCUT2D eigenvalue weighted by atomic mass is 79.9. The highest BCUT2D eigenvalue weighted by Gasteiger charge is 2.23. The van der Waals surface area contributed by atoms with Crippen molar-refractivity contribution in [2.24, 2.45) is 5.41 Å². The Labute approximate surface area is 113 Å². The fourth-order valence-electron chi connectivity index (χ4n) is 1.85. The zero-order valence-electron chi connectivity index (χ0n) is 11.4. The first kappa shape index (κ1) is 14.5. The maximum atomic E-state index is 5.85. The summed E-state index contributed by atoms with van der Waals surface area (Å²) in [6.07, 6.45) is 0. The Bertz CT molecular complexity index is 362. The van der Waals surface area contributed by atoms with Gasteiger partial charge in [-0.1, -0.05) is 36.7 Å². The number of rotatable bonds is 3. The van der Waals surface area contributed by atoms with E-state index in [1.54, 1.807) is 0 Å². The normalized spacial score (nSPS) is 14.1. The fourth-order valence-corrected chi connectivity index (χ4v) is 2.41. The molecule has 1 aromatic rings. The SMILES string of the molecule is CC(N(C)Cc1cc(N)cc(Br)c1)C(C)(C)C. The van der Waals surface area contributed by atoms with Gasteiger partial charge in [-0.15, -0.1) is 0 Å². The van der Waals surface area contributed by atoms with Gasteiger partial charge in [-0.3, -0.25) is 4.90 Å². The summed E-state index contributed by atoms with van der Waals surface area (Å²) < 4.78 is 1.05. The molecular formula is C14H23BrN2. The number of hydrogen-bond donors (Lipinski definition) is 1. The Morgan fingerprint density at radius 1 is 1.29 bits per heavy atom. The number of nitrogens with zero attached hydrogens (tertiary/aromatic N) is 1. The molecule has 0 aliphatic carbocycles. The highest BCUT2D eigenvalue weighted by molar-refractivity contribution is 9.10. The first-order valence-electron chi connectivity index (χ1n) is 5.95. The van der Waals surface area contributed by atoms with Crippen molar-refractivity contribution in [1.82, 2.24) is 4.90 Å². The minimum absolute atomic E-state index is 0.284. The molecule has 2 N–H and O–H groups in total. The van der Waals surface area contributed by atoms with E-state index in [9.17, 15) is 0 Å². The van der Waals surface area contributed by atoms with Crippen LogP contribution in [-0.2, 0) is 6.54 Å². The molecule has 0 saturated heterocycles. The summed E-state index contributed by atoms with van der Waals surface area (Å²) >= 11 is 3.48. The van der Waals surface area contributed by atoms with E-state index in [4.69, 9.17) is 5.73 Å². The lowest BCUT2D eigenvalue weighted by molar-refractivity contribution is 0.134. The Morgan fingerprint density at radius 2 is 1.88 bits per heavy atom. The van der Waals surface area contributed by atoms with Crippen LogP contribution in [0, 0.1) is 5.41 Å². The van der Waals surface area contributed by atoms with E-state index in [0.717, 1.165) is 16.7 Å². The van der Waals surface area contributed by atoms with E-state index >= 15 is 0 Å². The Kier molecular flexibility index (Phi) is 4.62. The third-order valence-corrected chi connectivity index (χ3v) is 3.78. The van der Waals surface area contributed by atoms with Gasteiger partial charge in [-0.2, -0.15) is 0 Å². The van der Waals surface area contributed by atoms with Gasteiger partial charge in [0.05, 0.1) is 0 Å². The Morgan fingerprint density at radius 3 is 2.35 bits per heavy atom. The minimum Gasteiger partial charge on any atom is -0.399 e. The maximum Gasteiger partial charge on any atom is 0.0328 e. The average Bonchev–Trinajstić information content (AvgIpc) is 2.13. The largest absolute Gasteiger partial charge is 0.399 e. The van der Waals surface area contributed by atoms with Gasteiger partial charge < -0.3 is 5.73 Å². The van der Waals surface area contributed by atoms with Crippen LogP contribution in [-0.4, -0.2) is 18.0 Å². The van der Waals surface area contributed by atoms with Gasteiger partial charge >= 0.3 is 0 Å². The van der Waals surface area contributed by atoms with Crippen LogP contribution in [0.4, 0.5) is 5.69 Å². The third-order valence-electron chi connectivity index (χ3n) is 3.33. The predicted molar refractivity (Wildman–Crippen MR) is 78.9 cm³/mol. The van der Waals surface area contributed by atoms with Crippen LogP contribution in [0.1, 0.15) is 33.3 Å². The summed E-state index contributed by atoms with van der Waals surface area (Å²) in [5.41, 5.74) is 8.19. The summed E-state index contributed by atoms with van der Waals surface area (Å²) in [4.78, 5) is 2.36. The topological polar surface area (TPSA) is 29.3 Å². The van der Waals surface area contributed by atoms with Crippen molar-refractivity contribution in [3.63, 3.8) is 0 Å². The molecule has 2 nitrogen and oxygen atoms in total. The molecule has 3 heteroatoms. The molecule has 96 valence electrons. The summed E-state index contributed by atoms with van der Waals surface area (Å²) in [6.45, 7) is 9.99. The molecular weight excluding hydrogens is 276 g/mol. The maximum absolute atomic E-state index is 5.85. The van der Waals surface area contributed by atoms with Crippen LogP contribution in [0.5, 0.6) is 0 Å². The van der Waals surface area contributed by atoms with Crippen LogP contribution in [0.3, 0.4) is 0 Å². The van der Waals surface area contributed by atoms with Crippen LogP contribution >= 0.6 is 15.9 Å². The Hall–Kier alpha value is -0.540. The van der Waals surface area contributed by atoms with Crippen LogP contribution < -0.4 is 5.73 Å². The molecule has 17 heavy (non-hydrogen) atoms. The second-order valence-electron chi connectivity index (χ2n) is 5.85. The van der Waals surface area contributed by atoms with E-state index in [1.807, 2.05) is 12.1 Å². The molecule has 1 aromatic carbocycles. The molecule has 0 spiro atoms. The quantitative estimate of drug-likeness (QED) is 0.858. The van der Waals surface area contributed by atoms with Gasteiger partial charge in [0.1, 0.15) is 0 Å². The summed E-state index contributed by atoms with van der Waals surface area (Å²) in [5, 5.41) is 0. The first-order chi connectivity index (χ1) is 7.70. The van der Waals surface area contributed by atoms with Gasteiger partial charge in [-0.05, 0) is 43.1 Å². The lowest BCUT2D eigenvalue weighted by Gasteiger charge is -2.35. The molecule has 0 fully saturated rings. The van der Waals surface area contributed by atoms with Gasteiger partial charge in [-0.25, -0.2) is 0 Å². The predicted octanol–water partition coefficient (Wildman–Crippen LogP) is 3.90. The molecule has 0 bridgehead atoms. The standard InChI is InChI=1S/C14H23BrN2/c1-10(14(2,3)4)17(5)9-11-6-12(15)8-13(16)7-11/h6-8,10H,9,16H2,1-5H3. The molecule has 0 aromatic heterocycles. The molecule has 0 saturated carbocycles. The van der Waals surface area contributed by atoms with E-state index in [-0.39, 0.29) is 5.41 Å². The molecule has 0 amide bonds. The van der Waals surface area contributed by atoms with E-state index in [1.165, 1.54) is 5.56 Å². The van der Waals surface area contributed by atoms with Gasteiger partial charge in [0.25, 0.3) is 0 Å². The average molecular weight is 299 g/mol. The Balaban J connectivity index is 2.77. The number of anilines is 1. The highest BCUT2D eigenvalue weighted by Crippen LogP contribution is 2.25. The number of nitrogen functional groups attached to an aromatic ring is 1. The van der Waals surface area contributed by atoms with Crippen molar-refractivity contribution >= 4 is 21.6 Å². The zero-order chi connectivity index (χ0) is 13.2. The number of halogens is 1. The molecule has 0 radical (unpaired) electrons. The fraction of sp³-hybridized carbons (Fsp3) is 0.571. The van der Waals surface area contributed by atoms with Crippen molar-refractivity contribution in [1.29, 1.82) is 0 Å². The summed E-state index contributed by atoms with van der Waals surface area (Å²) in [6, 6.07) is 6.61. The first-order valence-corrected chi connectivity index (χ1v) is 6.74. The van der Waals surface area contributed by atoms with Gasteiger partial charge in [0, 0.05) is 22.7 Å². The summed E-state index contributed by atoms with van der Waals surface area (Å²) in [5.74, 6) is 0. The lowest BCUT2D eigenvalue weighted by atomic mass is 9.87. The van der Waals surface area contributed by atoms with Crippen molar-refractivity contribution in [2.45, 2.75) is 40.3 Å². The van der Waals surface area contributed by atoms with Gasteiger partial charge in [0.2, 0.25) is 0 Å². The number of hydrogen-bond acceptors (Lipinski definition) is 2.